The number of carbonyl (C=O) groups excluding carboxylic acids is 2. The molecule has 7 heteroatoms. The van der Waals surface area contributed by atoms with Crippen molar-refractivity contribution >= 4 is 35.1 Å². The molecule has 1 aromatic rings. The minimum atomic E-state index is -0.162. The van der Waals surface area contributed by atoms with E-state index in [0.29, 0.717) is 42.7 Å². The fourth-order valence-corrected chi connectivity index (χ4v) is 3.47. The van der Waals surface area contributed by atoms with Crippen LogP contribution in [0.3, 0.4) is 0 Å². The molecule has 1 atom stereocenters. The number of likely N-dealkylation sites (tertiary alicyclic amines) is 1. The van der Waals surface area contributed by atoms with Gasteiger partial charge in [0.2, 0.25) is 5.91 Å². The average molecular weight is 387 g/mol. The summed E-state index contributed by atoms with van der Waals surface area (Å²) in [7, 11) is 0. The Hall–Kier alpha value is -1.30. The van der Waals surface area contributed by atoms with Crippen molar-refractivity contribution in [3.63, 3.8) is 0 Å². The van der Waals surface area contributed by atoms with Gasteiger partial charge in [0.05, 0.1) is 19.1 Å². The lowest BCUT2D eigenvalue weighted by atomic mass is 9.98. The molecule has 1 amide bonds. The number of carbonyl (C=O) groups is 2. The highest BCUT2D eigenvalue weighted by Gasteiger charge is 2.27. The van der Waals surface area contributed by atoms with Crippen molar-refractivity contribution in [2.75, 3.05) is 32.8 Å². The molecule has 1 N–H and O–H groups in total. The molecule has 0 aliphatic carbocycles. The molecule has 1 aliphatic rings. The standard InChI is InChI=1S/C18H24Cl2N2O3/c1-2-25-18(24)14-4-3-9-22(11-14)12-17(23)21-8-7-13-5-6-15(19)10-16(13)20/h5-6,10,14H,2-4,7-9,11-12H2,1H3,(H,21,23)/t14-/m0/s1. The lowest BCUT2D eigenvalue weighted by molar-refractivity contribution is -0.150. The first-order valence-electron chi connectivity index (χ1n) is 8.59. The van der Waals surface area contributed by atoms with Gasteiger partial charge in [-0.3, -0.25) is 14.5 Å². The Kier molecular flexibility index (Phi) is 8.00. The third-order valence-corrected chi connectivity index (χ3v) is 4.81. The summed E-state index contributed by atoms with van der Waals surface area (Å²) in [5, 5.41) is 4.10. The highest BCUT2D eigenvalue weighted by atomic mass is 35.5. The van der Waals surface area contributed by atoms with Gasteiger partial charge < -0.3 is 10.1 Å². The summed E-state index contributed by atoms with van der Waals surface area (Å²) >= 11 is 12.0. The maximum absolute atomic E-state index is 12.1. The summed E-state index contributed by atoms with van der Waals surface area (Å²) in [6.45, 7) is 4.41. The third kappa shape index (κ3) is 6.49. The first-order valence-corrected chi connectivity index (χ1v) is 9.34. The molecular weight excluding hydrogens is 363 g/mol. The SMILES string of the molecule is CCOC(=O)[C@H]1CCCN(CC(=O)NCCc2ccc(Cl)cc2Cl)C1. The lowest BCUT2D eigenvalue weighted by Crippen LogP contribution is -2.44. The number of benzene rings is 1. The van der Waals surface area contributed by atoms with Crippen LogP contribution in [-0.2, 0) is 20.7 Å². The molecule has 25 heavy (non-hydrogen) atoms. The monoisotopic (exact) mass is 386 g/mol. The number of ether oxygens (including phenoxy) is 1. The molecule has 1 heterocycles. The van der Waals surface area contributed by atoms with Gasteiger partial charge in [-0.1, -0.05) is 29.3 Å². The number of hydrogen-bond acceptors (Lipinski definition) is 4. The maximum atomic E-state index is 12.1. The van der Waals surface area contributed by atoms with Crippen LogP contribution >= 0.6 is 23.2 Å². The van der Waals surface area contributed by atoms with Crippen LogP contribution in [0.25, 0.3) is 0 Å². The molecule has 1 fully saturated rings. The second-order valence-corrected chi connectivity index (χ2v) is 7.01. The van der Waals surface area contributed by atoms with Crippen LogP contribution < -0.4 is 5.32 Å². The van der Waals surface area contributed by atoms with Gasteiger partial charge in [-0.2, -0.15) is 0 Å². The van der Waals surface area contributed by atoms with E-state index in [0.717, 1.165) is 24.9 Å². The summed E-state index contributed by atoms with van der Waals surface area (Å²) in [5.41, 5.74) is 0.951. The molecule has 0 bridgehead atoms. The predicted octanol–water partition coefficient (Wildman–Crippen LogP) is 2.93. The van der Waals surface area contributed by atoms with Crippen molar-refractivity contribution in [3.05, 3.63) is 33.8 Å². The Labute approximate surface area is 158 Å². The number of halogens is 2. The highest BCUT2D eigenvalue weighted by Crippen LogP contribution is 2.21. The number of piperidine rings is 1. The quantitative estimate of drug-likeness (QED) is 0.731. The predicted molar refractivity (Wildman–Crippen MR) is 99.0 cm³/mol. The summed E-state index contributed by atoms with van der Waals surface area (Å²) in [4.78, 5) is 26.0. The molecule has 1 aliphatic heterocycles. The van der Waals surface area contributed by atoms with Crippen LogP contribution in [0.15, 0.2) is 18.2 Å². The number of nitrogens with one attached hydrogen (secondary N) is 1. The molecule has 0 radical (unpaired) electrons. The second kappa shape index (κ2) is 10.00. The molecule has 0 unspecified atom stereocenters. The first kappa shape index (κ1) is 20.0. The van der Waals surface area contributed by atoms with E-state index in [1.54, 1.807) is 19.1 Å². The van der Waals surface area contributed by atoms with Crippen molar-refractivity contribution in [1.29, 1.82) is 0 Å². The van der Waals surface area contributed by atoms with Crippen LogP contribution in [0, 0.1) is 5.92 Å². The minimum Gasteiger partial charge on any atom is -0.466 e. The van der Waals surface area contributed by atoms with Crippen molar-refractivity contribution < 1.29 is 14.3 Å². The molecule has 138 valence electrons. The second-order valence-electron chi connectivity index (χ2n) is 6.16. The topological polar surface area (TPSA) is 58.6 Å². The Balaban J connectivity index is 1.73. The molecule has 1 saturated heterocycles. The average Bonchev–Trinajstić information content (AvgIpc) is 2.57. The smallest absolute Gasteiger partial charge is 0.310 e. The van der Waals surface area contributed by atoms with E-state index in [2.05, 4.69) is 5.32 Å². The summed E-state index contributed by atoms with van der Waals surface area (Å²) in [6.07, 6.45) is 2.37. The van der Waals surface area contributed by atoms with Gasteiger partial charge in [-0.15, -0.1) is 0 Å². The Morgan fingerprint density at radius 2 is 2.16 bits per heavy atom. The van der Waals surface area contributed by atoms with E-state index in [-0.39, 0.29) is 17.8 Å². The van der Waals surface area contributed by atoms with Crippen molar-refractivity contribution in [2.45, 2.75) is 26.2 Å². The lowest BCUT2D eigenvalue weighted by Gasteiger charge is -2.30. The van der Waals surface area contributed by atoms with Crippen LogP contribution in [0.5, 0.6) is 0 Å². The first-order chi connectivity index (χ1) is 12.0. The van der Waals surface area contributed by atoms with Gasteiger partial charge >= 0.3 is 5.97 Å². The van der Waals surface area contributed by atoms with Crippen molar-refractivity contribution in [3.8, 4) is 0 Å². The van der Waals surface area contributed by atoms with E-state index < -0.39 is 0 Å². The fourth-order valence-electron chi connectivity index (χ4n) is 2.97. The van der Waals surface area contributed by atoms with Crippen molar-refractivity contribution in [2.24, 2.45) is 5.92 Å². The Morgan fingerprint density at radius 3 is 2.88 bits per heavy atom. The van der Waals surface area contributed by atoms with E-state index in [4.69, 9.17) is 27.9 Å². The van der Waals surface area contributed by atoms with Crippen LogP contribution in [-0.4, -0.2) is 49.6 Å². The number of nitrogens with zero attached hydrogens (tertiary/aromatic N) is 1. The molecular formula is C18H24Cl2N2O3. The molecule has 0 spiro atoms. The molecule has 5 nitrogen and oxygen atoms in total. The van der Waals surface area contributed by atoms with Gasteiger partial charge in [0, 0.05) is 23.1 Å². The van der Waals surface area contributed by atoms with Gasteiger partial charge in [0.15, 0.2) is 0 Å². The summed E-state index contributed by atoms with van der Waals surface area (Å²) < 4.78 is 5.08. The van der Waals surface area contributed by atoms with Crippen LogP contribution in [0.4, 0.5) is 0 Å². The molecule has 2 rings (SSSR count). The van der Waals surface area contributed by atoms with Gasteiger partial charge in [0.25, 0.3) is 0 Å². The normalized spacial score (nSPS) is 18.0. The fraction of sp³-hybridized carbons (Fsp3) is 0.556. The number of hydrogen-bond donors (Lipinski definition) is 1. The van der Waals surface area contributed by atoms with Gasteiger partial charge in [-0.05, 0) is 50.4 Å². The largest absolute Gasteiger partial charge is 0.466 e. The van der Waals surface area contributed by atoms with Gasteiger partial charge in [0.1, 0.15) is 0 Å². The van der Waals surface area contributed by atoms with Crippen LogP contribution in [0.1, 0.15) is 25.3 Å². The molecule has 0 aromatic heterocycles. The summed E-state index contributed by atoms with van der Waals surface area (Å²) in [5.74, 6) is -0.339. The molecule has 0 saturated carbocycles. The third-order valence-electron chi connectivity index (χ3n) is 4.22. The number of esters is 1. The maximum Gasteiger partial charge on any atom is 0.310 e. The zero-order valence-corrected chi connectivity index (χ0v) is 15.9. The van der Waals surface area contributed by atoms with Crippen molar-refractivity contribution in [1.82, 2.24) is 10.2 Å². The zero-order chi connectivity index (χ0) is 18.2. The molecule has 1 aromatic carbocycles. The number of amides is 1. The zero-order valence-electron chi connectivity index (χ0n) is 14.4. The van der Waals surface area contributed by atoms with E-state index in [1.165, 1.54) is 0 Å². The van der Waals surface area contributed by atoms with E-state index in [1.807, 2.05) is 11.0 Å². The Bertz CT molecular complexity index is 610. The van der Waals surface area contributed by atoms with E-state index in [9.17, 15) is 9.59 Å². The Morgan fingerprint density at radius 1 is 1.36 bits per heavy atom. The van der Waals surface area contributed by atoms with E-state index >= 15 is 0 Å². The number of rotatable bonds is 7. The van der Waals surface area contributed by atoms with Gasteiger partial charge in [-0.25, -0.2) is 0 Å². The minimum absolute atomic E-state index is 0.0467. The summed E-state index contributed by atoms with van der Waals surface area (Å²) in [6, 6.07) is 5.35. The highest BCUT2D eigenvalue weighted by molar-refractivity contribution is 6.35. The van der Waals surface area contributed by atoms with Crippen LogP contribution in [0.2, 0.25) is 10.0 Å².